The molecular weight excluding hydrogens is 414 g/mol. The molecule has 0 bridgehead atoms. The number of benzene rings is 1. The second-order valence-corrected chi connectivity index (χ2v) is 8.38. The normalized spacial score (nSPS) is 15.2. The van der Waals surface area contributed by atoms with Crippen molar-refractivity contribution in [2.24, 2.45) is 5.92 Å². The Kier molecular flexibility index (Phi) is 6.30. The molecule has 1 atom stereocenters. The van der Waals surface area contributed by atoms with Crippen molar-refractivity contribution in [1.29, 1.82) is 5.26 Å². The molecule has 3 rings (SSSR count). The fourth-order valence-corrected chi connectivity index (χ4v) is 4.77. The molecule has 0 radical (unpaired) electrons. The van der Waals surface area contributed by atoms with Crippen LogP contribution < -0.4 is 15.8 Å². The predicted molar refractivity (Wildman–Crippen MR) is 112 cm³/mol. The van der Waals surface area contributed by atoms with Gasteiger partial charge in [-0.05, 0) is 36.8 Å². The van der Waals surface area contributed by atoms with E-state index in [4.69, 9.17) is 26.8 Å². The first-order valence-corrected chi connectivity index (χ1v) is 10.2. The first-order valence-electron chi connectivity index (χ1n) is 8.98. The number of esters is 1. The summed E-state index contributed by atoms with van der Waals surface area (Å²) in [5.74, 6) is -0.538. The van der Waals surface area contributed by atoms with Crippen LogP contribution in [0.5, 0.6) is 5.75 Å². The molecule has 0 spiro atoms. The van der Waals surface area contributed by atoms with Gasteiger partial charge in [-0.15, -0.1) is 11.3 Å². The number of nitrogen functional groups attached to an aromatic ring is 1. The van der Waals surface area contributed by atoms with Crippen LogP contribution in [0.15, 0.2) is 12.1 Å². The summed E-state index contributed by atoms with van der Waals surface area (Å²) in [4.78, 5) is 25.8. The van der Waals surface area contributed by atoms with Crippen molar-refractivity contribution in [3.8, 4) is 11.8 Å². The Morgan fingerprint density at radius 1 is 1.45 bits per heavy atom. The minimum atomic E-state index is -0.765. The molecule has 1 unspecified atom stereocenters. The maximum atomic E-state index is 12.3. The van der Waals surface area contributed by atoms with Gasteiger partial charge in [0.1, 0.15) is 22.4 Å². The van der Waals surface area contributed by atoms with Gasteiger partial charge >= 0.3 is 5.97 Å². The number of amides is 1. The van der Waals surface area contributed by atoms with Crippen molar-refractivity contribution in [3.05, 3.63) is 38.7 Å². The van der Waals surface area contributed by atoms with E-state index >= 15 is 0 Å². The number of nitrogens with two attached hydrogens (primary N) is 1. The molecule has 0 saturated heterocycles. The first-order chi connectivity index (χ1) is 13.8. The third-order valence-electron chi connectivity index (χ3n) is 4.75. The van der Waals surface area contributed by atoms with E-state index in [0.29, 0.717) is 16.5 Å². The molecular formula is C20H20ClN3O4S. The fraction of sp³-hybridized carbons (Fsp3) is 0.350. The number of anilines is 2. The summed E-state index contributed by atoms with van der Waals surface area (Å²) in [6.07, 6.45) is 2.76. The summed E-state index contributed by atoms with van der Waals surface area (Å²) >= 11 is 7.37. The molecule has 7 nitrogen and oxygen atoms in total. The summed E-state index contributed by atoms with van der Waals surface area (Å²) in [7, 11) is 1.38. The van der Waals surface area contributed by atoms with E-state index < -0.39 is 18.5 Å². The van der Waals surface area contributed by atoms with Crippen molar-refractivity contribution in [3.63, 3.8) is 0 Å². The van der Waals surface area contributed by atoms with Crippen LogP contribution in [0.25, 0.3) is 0 Å². The molecule has 1 aromatic heterocycles. The number of fused-ring (bicyclic) bond motifs is 1. The van der Waals surface area contributed by atoms with Gasteiger partial charge in [0.05, 0.1) is 23.4 Å². The van der Waals surface area contributed by atoms with Gasteiger partial charge in [-0.25, -0.2) is 4.79 Å². The van der Waals surface area contributed by atoms with Gasteiger partial charge in [-0.2, -0.15) is 5.26 Å². The number of hydrogen-bond donors (Lipinski definition) is 2. The minimum absolute atomic E-state index is 0.0674. The van der Waals surface area contributed by atoms with Gasteiger partial charge in [0.15, 0.2) is 6.61 Å². The predicted octanol–water partition coefficient (Wildman–Crippen LogP) is 3.78. The summed E-state index contributed by atoms with van der Waals surface area (Å²) in [5, 5.41) is 12.9. The smallest absolute Gasteiger partial charge is 0.342 e. The van der Waals surface area contributed by atoms with E-state index in [1.807, 2.05) is 0 Å². The molecule has 1 amide bonds. The molecule has 1 aromatic carbocycles. The zero-order chi connectivity index (χ0) is 21.1. The number of nitrogens with one attached hydrogen (secondary N) is 1. The number of methoxy groups -OCH3 is 1. The van der Waals surface area contributed by atoms with E-state index in [1.54, 1.807) is 0 Å². The Bertz CT molecular complexity index is 1010. The highest BCUT2D eigenvalue weighted by Gasteiger charge is 2.25. The molecule has 29 heavy (non-hydrogen) atoms. The van der Waals surface area contributed by atoms with Crippen LogP contribution in [0.3, 0.4) is 0 Å². The van der Waals surface area contributed by atoms with E-state index in [9.17, 15) is 14.9 Å². The molecule has 3 N–H and O–H groups in total. The molecule has 2 aromatic rings. The maximum absolute atomic E-state index is 12.3. The number of ether oxygens (including phenoxy) is 2. The third-order valence-corrected chi connectivity index (χ3v) is 6.25. The number of carbonyl (C=O) groups is 2. The maximum Gasteiger partial charge on any atom is 0.342 e. The van der Waals surface area contributed by atoms with Crippen LogP contribution in [-0.2, 0) is 22.4 Å². The number of nitriles is 1. The Balaban J connectivity index is 1.68. The van der Waals surface area contributed by atoms with Crippen LogP contribution in [0, 0.1) is 17.2 Å². The SMILES string of the molecule is COc1cc(N)c(Cl)cc1C(=O)OCC(=O)Nc1sc2c(c1C#N)CCC(C)C2. The lowest BCUT2D eigenvalue weighted by Gasteiger charge is -2.17. The van der Waals surface area contributed by atoms with Crippen LogP contribution >= 0.6 is 22.9 Å². The topological polar surface area (TPSA) is 114 Å². The van der Waals surface area contributed by atoms with Gasteiger partial charge in [0.25, 0.3) is 5.91 Å². The summed E-state index contributed by atoms with van der Waals surface area (Å²) in [6.45, 7) is 1.66. The van der Waals surface area contributed by atoms with Crippen molar-refractivity contribution in [2.75, 3.05) is 24.8 Å². The number of rotatable bonds is 5. The van der Waals surface area contributed by atoms with E-state index in [0.717, 1.165) is 29.7 Å². The zero-order valence-electron chi connectivity index (χ0n) is 16.0. The molecule has 0 saturated carbocycles. The summed E-state index contributed by atoms with van der Waals surface area (Å²) in [6, 6.07) is 4.93. The molecule has 1 aliphatic rings. The Hall–Kier alpha value is -2.76. The quantitative estimate of drug-likeness (QED) is 0.547. The Morgan fingerprint density at radius 2 is 2.21 bits per heavy atom. The van der Waals surface area contributed by atoms with E-state index in [2.05, 4.69) is 18.3 Å². The highest BCUT2D eigenvalue weighted by molar-refractivity contribution is 7.16. The fourth-order valence-electron chi connectivity index (χ4n) is 3.23. The molecule has 1 heterocycles. The monoisotopic (exact) mass is 433 g/mol. The van der Waals surface area contributed by atoms with Crippen LogP contribution in [0.1, 0.15) is 39.7 Å². The van der Waals surface area contributed by atoms with Gasteiger partial charge in [-0.1, -0.05) is 18.5 Å². The van der Waals surface area contributed by atoms with Gasteiger partial charge in [-0.3, -0.25) is 4.79 Å². The lowest BCUT2D eigenvalue weighted by Crippen LogP contribution is -2.21. The van der Waals surface area contributed by atoms with Crippen LogP contribution in [-0.4, -0.2) is 25.6 Å². The zero-order valence-corrected chi connectivity index (χ0v) is 17.6. The molecule has 9 heteroatoms. The number of hydrogen-bond acceptors (Lipinski definition) is 7. The van der Waals surface area contributed by atoms with E-state index in [-0.39, 0.29) is 22.0 Å². The molecule has 1 aliphatic carbocycles. The minimum Gasteiger partial charge on any atom is -0.496 e. The highest BCUT2D eigenvalue weighted by atomic mass is 35.5. The average molecular weight is 434 g/mol. The van der Waals surface area contributed by atoms with Crippen molar-refractivity contribution < 1.29 is 19.1 Å². The largest absolute Gasteiger partial charge is 0.496 e. The Morgan fingerprint density at radius 3 is 2.90 bits per heavy atom. The van der Waals surface area contributed by atoms with Gasteiger partial charge in [0, 0.05) is 10.9 Å². The molecule has 152 valence electrons. The first kappa shape index (κ1) is 21.0. The second kappa shape index (κ2) is 8.72. The highest BCUT2D eigenvalue weighted by Crippen LogP contribution is 2.39. The molecule has 0 aliphatic heterocycles. The summed E-state index contributed by atoms with van der Waals surface area (Å²) < 4.78 is 10.2. The second-order valence-electron chi connectivity index (χ2n) is 6.87. The van der Waals surface area contributed by atoms with Gasteiger partial charge < -0.3 is 20.5 Å². The number of carbonyl (C=O) groups excluding carboxylic acids is 2. The summed E-state index contributed by atoms with van der Waals surface area (Å²) in [5.41, 5.74) is 7.55. The lowest BCUT2D eigenvalue weighted by molar-refractivity contribution is -0.119. The average Bonchev–Trinajstić information content (AvgIpc) is 3.03. The number of thiophene rings is 1. The van der Waals surface area contributed by atoms with Crippen molar-refractivity contribution in [2.45, 2.75) is 26.2 Å². The third kappa shape index (κ3) is 4.47. The van der Waals surface area contributed by atoms with Crippen LogP contribution in [0.2, 0.25) is 5.02 Å². The number of halogens is 1. The van der Waals surface area contributed by atoms with Crippen molar-refractivity contribution >= 4 is 45.5 Å². The van der Waals surface area contributed by atoms with Gasteiger partial charge in [0.2, 0.25) is 0 Å². The van der Waals surface area contributed by atoms with Crippen LogP contribution in [0.4, 0.5) is 10.7 Å². The standard InChI is InChI=1S/C20H20ClN3O4S/c1-10-3-4-11-13(8-22)19(29-17(11)5-10)24-18(25)9-28-20(26)12-6-14(21)15(23)7-16(12)27-2/h6-7,10H,3-5,9,23H2,1-2H3,(H,24,25). The Labute approximate surface area is 177 Å². The van der Waals surface area contributed by atoms with E-state index in [1.165, 1.54) is 30.6 Å². The number of nitrogens with zero attached hydrogens (tertiary/aromatic N) is 1. The molecule has 0 fully saturated rings. The van der Waals surface area contributed by atoms with Crippen molar-refractivity contribution in [1.82, 2.24) is 0 Å². The lowest BCUT2D eigenvalue weighted by atomic mass is 9.89.